The fourth-order valence-corrected chi connectivity index (χ4v) is 4.35. The van der Waals surface area contributed by atoms with Crippen molar-refractivity contribution < 1.29 is 0 Å². The van der Waals surface area contributed by atoms with Gasteiger partial charge in [0.15, 0.2) is 0 Å². The molecule has 18 heavy (non-hydrogen) atoms. The summed E-state index contributed by atoms with van der Waals surface area (Å²) in [6.45, 7) is 10.3. The van der Waals surface area contributed by atoms with Crippen LogP contribution in [0.4, 0.5) is 0 Å². The molecule has 3 aliphatic rings. The molecule has 0 N–H and O–H groups in total. The third-order valence-electron chi connectivity index (χ3n) is 4.89. The molecule has 4 nitrogen and oxygen atoms in total. The second-order valence-corrected chi connectivity index (χ2v) is 7.45. The van der Waals surface area contributed by atoms with Gasteiger partial charge < -0.3 is 4.90 Å². The van der Waals surface area contributed by atoms with Crippen molar-refractivity contribution >= 4 is 22.9 Å². The van der Waals surface area contributed by atoms with Gasteiger partial charge in [0.25, 0.3) is 0 Å². The molecule has 0 unspecified atom stereocenters. The van der Waals surface area contributed by atoms with Gasteiger partial charge in [0.05, 0.1) is 0 Å². The van der Waals surface area contributed by atoms with E-state index >= 15 is 0 Å². The lowest BCUT2D eigenvalue weighted by Gasteiger charge is -2.47. The Bertz CT molecular complexity index is 266. The fraction of sp³-hybridized carbons (Fsp3) is 1.00. The van der Waals surface area contributed by atoms with Gasteiger partial charge in [-0.15, -0.1) is 0 Å². The zero-order valence-corrected chi connectivity index (χ0v) is 13.6. The van der Waals surface area contributed by atoms with Crippen LogP contribution in [0.2, 0.25) is 0 Å². The van der Waals surface area contributed by atoms with Crippen molar-refractivity contribution in [3.63, 3.8) is 0 Å². The minimum Gasteiger partial charge on any atom is -0.304 e. The highest BCUT2D eigenvalue weighted by atomic mass is 127. The Balaban J connectivity index is 1.42. The van der Waals surface area contributed by atoms with Gasteiger partial charge in [-0.2, -0.15) is 0 Å². The second-order valence-electron chi connectivity index (χ2n) is 6.09. The Labute approximate surface area is 125 Å². The van der Waals surface area contributed by atoms with E-state index in [1.54, 1.807) is 0 Å². The van der Waals surface area contributed by atoms with E-state index < -0.39 is 0 Å². The van der Waals surface area contributed by atoms with Gasteiger partial charge in [-0.1, -0.05) is 0 Å². The fourth-order valence-electron chi connectivity index (χ4n) is 3.44. The lowest BCUT2D eigenvalue weighted by Crippen LogP contribution is -2.59. The lowest BCUT2D eigenvalue weighted by atomic mass is 9.99. The van der Waals surface area contributed by atoms with Crippen LogP contribution in [0.25, 0.3) is 0 Å². The normalized spacial score (nSPS) is 31.7. The molecule has 3 fully saturated rings. The number of hydrogen-bond acceptors (Lipinski definition) is 4. The average Bonchev–Trinajstić information content (AvgIpc) is 2.36. The van der Waals surface area contributed by atoms with Gasteiger partial charge in [-0.25, -0.2) is 3.11 Å². The second kappa shape index (κ2) is 5.91. The molecule has 0 atom stereocenters. The Kier molecular flexibility index (Phi) is 4.45. The first-order chi connectivity index (χ1) is 8.72. The molecule has 0 aromatic heterocycles. The molecule has 0 aliphatic carbocycles. The summed E-state index contributed by atoms with van der Waals surface area (Å²) in [4.78, 5) is 7.92. The van der Waals surface area contributed by atoms with Crippen LogP contribution in [0.15, 0.2) is 0 Å². The number of likely N-dealkylation sites (N-methyl/N-ethyl adjacent to an activating group) is 1. The van der Waals surface area contributed by atoms with E-state index in [2.05, 4.69) is 47.7 Å². The van der Waals surface area contributed by atoms with E-state index in [1.807, 2.05) is 0 Å². The summed E-state index contributed by atoms with van der Waals surface area (Å²) in [7, 11) is 2.24. The highest BCUT2D eigenvalue weighted by molar-refractivity contribution is 14.1. The zero-order valence-electron chi connectivity index (χ0n) is 11.4. The van der Waals surface area contributed by atoms with Crippen LogP contribution in [0.5, 0.6) is 0 Å². The lowest BCUT2D eigenvalue weighted by molar-refractivity contribution is 0.0315. The molecule has 0 saturated carbocycles. The topological polar surface area (TPSA) is 13.0 Å². The average molecular weight is 364 g/mol. The van der Waals surface area contributed by atoms with E-state index in [1.165, 1.54) is 65.2 Å². The number of halogens is 1. The summed E-state index contributed by atoms with van der Waals surface area (Å²) in [5, 5.41) is 0. The molecule has 0 aromatic carbocycles. The number of piperidine rings is 1. The number of piperazine rings is 1. The van der Waals surface area contributed by atoms with Crippen molar-refractivity contribution in [1.29, 1.82) is 0 Å². The smallest absolute Gasteiger partial charge is 0.0366 e. The Morgan fingerprint density at radius 3 is 1.89 bits per heavy atom. The first-order valence-electron chi connectivity index (χ1n) is 7.30. The van der Waals surface area contributed by atoms with E-state index in [0.29, 0.717) is 0 Å². The molecule has 3 rings (SSSR count). The van der Waals surface area contributed by atoms with Gasteiger partial charge >= 0.3 is 0 Å². The Morgan fingerprint density at radius 2 is 1.33 bits per heavy atom. The molecule has 3 saturated heterocycles. The van der Waals surface area contributed by atoms with E-state index in [4.69, 9.17) is 0 Å². The van der Waals surface area contributed by atoms with E-state index in [9.17, 15) is 0 Å². The minimum atomic E-state index is 0.857. The maximum atomic E-state index is 2.74. The molecule has 3 aliphatic heterocycles. The number of rotatable bonds is 2. The van der Waals surface area contributed by atoms with Crippen molar-refractivity contribution in [2.75, 3.05) is 59.4 Å². The number of likely N-dealkylation sites (tertiary alicyclic amines) is 1. The van der Waals surface area contributed by atoms with Crippen LogP contribution in [-0.4, -0.2) is 89.3 Å². The van der Waals surface area contributed by atoms with E-state index in [0.717, 1.165) is 12.1 Å². The summed E-state index contributed by atoms with van der Waals surface area (Å²) in [6, 6.07) is 1.72. The SMILES string of the molecule is CN1CCN(C2CCN(C3CN(I)C3)CC2)CC1. The van der Waals surface area contributed by atoms with Gasteiger partial charge in [0.2, 0.25) is 0 Å². The molecule has 5 heteroatoms. The molecule has 104 valence electrons. The predicted octanol–water partition coefficient (Wildman–Crippen LogP) is 0.732. The summed E-state index contributed by atoms with van der Waals surface area (Å²) in [5.41, 5.74) is 0. The summed E-state index contributed by atoms with van der Waals surface area (Å²) in [6.07, 6.45) is 2.78. The molecule has 3 heterocycles. The van der Waals surface area contributed by atoms with Crippen LogP contribution >= 0.6 is 22.9 Å². The van der Waals surface area contributed by atoms with Gasteiger partial charge in [0, 0.05) is 87.3 Å². The van der Waals surface area contributed by atoms with Crippen molar-refractivity contribution in [3.05, 3.63) is 0 Å². The third kappa shape index (κ3) is 3.00. The molecule has 0 amide bonds. The molecule has 0 aromatic rings. The van der Waals surface area contributed by atoms with Gasteiger partial charge in [0.1, 0.15) is 0 Å². The summed E-state index contributed by atoms with van der Waals surface area (Å²) < 4.78 is 2.40. The molecular formula is C13H25IN4. The maximum Gasteiger partial charge on any atom is 0.0366 e. The first kappa shape index (κ1) is 13.5. The molecular weight excluding hydrogens is 339 g/mol. The summed E-state index contributed by atoms with van der Waals surface area (Å²) in [5.74, 6) is 0. The first-order valence-corrected chi connectivity index (χ1v) is 8.26. The van der Waals surface area contributed by atoms with Crippen LogP contribution < -0.4 is 0 Å². The quantitative estimate of drug-likeness (QED) is 0.529. The Morgan fingerprint density at radius 1 is 0.778 bits per heavy atom. The summed E-state index contributed by atoms with van der Waals surface area (Å²) >= 11 is 2.44. The molecule has 0 radical (unpaired) electrons. The molecule has 0 bridgehead atoms. The monoisotopic (exact) mass is 364 g/mol. The largest absolute Gasteiger partial charge is 0.304 e. The van der Waals surface area contributed by atoms with Crippen molar-refractivity contribution in [3.8, 4) is 0 Å². The highest BCUT2D eigenvalue weighted by Gasteiger charge is 2.34. The van der Waals surface area contributed by atoms with Crippen LogP contribution in [-0.2, 0) is 0 Å². The minimum absolute atomic E-state index is 0.857. The van der Waals surface area contributed by atoms with Crippen LogP contribution in [0, 0.1) is 0 Å². The van der Waals surface area contributed by atoms with Crippen molar-refractivity contribution in [2.45, 2.75) is 24.9 Å². The maximum absolute atomic E-state index is 2.74. The molecule has 0 spiro atoms. The van der Waals surface area contributed by atoms with Crippen LogP contribution in [0.1, 0.15) is 12.8 Å². The Hall–Kier alpha value is 0.570. The number of hydrogen-bond donors (Lipinski definition) is 0. The van der Waals surface area contributed by atoms with Crippen LogP contribution in [0.3, 0.4) is 0 Å². The predicted molar refractivity (Wildman–Crippen MR) is 83.0 cm³/mol. The third-order valence-corrected chi connectivity index (χ3v) is 5.68. The van der Waals surface area contributed by atoms with Gasteiger partial charge in [-0.3, -0.25) is 9.80 Å². The van der Waals surface area contributed by atoms with Crippen molar-refractivity contribution in [2.24, 2.45) is 0 Å². The highest BCUT2D eigenvalue weighted by Crippen LogP contribution is 2.24. The standard InChI is InChI=1S/C13H25IN4/c1-15-6-8-17(9-7-15)12-2-4-16(5-3-12)13-10-18(14)11-13/h12-13H,2-11H2,1H3. The zero-order chi connectivity index (χ0) is 12.5. The van der Waals surface area contributed by atoms with Crippen molar-refractivity contribution in [1.82, 2.24) is 17.8 Å². The van der Waals surface area contributed by atoms with Gasteiger partial charge in [-0.05, 0) is 19.9 Å². The number of nitrogens with zero attached hydrogens (tertiary/aromatic N) is 4. The van der Waals surface area contributed by atoms with E-state index in [-0.39, 0.29) is 0 Å².